The van der Waals surface area contributed by atoms with E-state index in [-0.39, 0.29) is 12.2 Å². The molecule has 1 aliphatic rings. The van der Waals surface area contributed by atoms with Crippen LogP contribution in [0.4, 0.5) is 5.69 Å². The van der Waals surface area contributed by atoms with Gasteiger partial charge in [-0.25, -0.2) is 0 Å². The molecular weight excluding hydrogens is 294 g/mol. The second kappa shape index (κ2) is 5.52. The van der Waals surface area contributed by atoms with Crippen LogP contribution in [0, 0.1) is 6.92 Å². The van der Waals surface area contributed by atoms with Gasteiger partial charge >= 0.3 is 0 Å². The number of Topliss-reactive ketones (excluding diaryl/α,β-unsaturated/α-hetero) is 1. The van der Waals surface area contributed by atoms with Gasteiger partial charge < -0.3 is 15.2 Å². The minimum absolute atomic E-state index is 0.304. The lowest BCUT2D eigenvalue weighted by atomic mass is 9.87. The molecule has 2 aromatic rings. The zero-order chi connectivity index (χ0) is 16.6. The molecule has 118 valence electrons. The van der Waals surface area contributed by atoms with Crippen LogP contribution >= 0.6 is 0 Å². The third-order valence-corrected chi connectivity index (χ3v) is 4.07. The number of carbonyl (C=O) groups excluding carboxylic acids is 2. The van der Waals surface area contributed by atoms with Crippen LogP contribution in [-0.2, 0) is 10.4 Å². The van der Waals surface area contributed by atoms with Gasteiger partial charge in [-0.1, -0.05) is 17.7 Å². The van der Waals surface area contributed by atoms with Gasteiger partial charge in [-0.15, -0.1) is 0 Å². The molecule has 2 N–H and O–H groups in total. The Bertz CT molecular complexity index is 782. The first-order valence-electron chi connectivity index (χ1n) is 7.26. The highest BCUT2D eigenvalue weighted by Crippen LogP contribution is 2.39. The molecule has 5 nitrogen and oxygen atoms in total. The molecule has 1 amide bonds. The van der Waals surface area contributed by atoms with Gasteiger partial charge in [0.25, 0.3) is 5.91 Å². The van der Waals surface area contributed by atoms with Crippen LogP contribution in [0.2, 0.25) is 0 Å². The third kappa shape index (κ3) is 2.59. The lowest BCUT2D eigenvalue weighted by Crippen LogP contribution is -2.36. The van der Waals surface area contributed by atoms with Crippen LogP contribution in [0.1, 0.15) is 27.9 Å². The fourth-order valence-corrected chi connectivity index (χ4v) is 2.74. The molecule has 0 radical (unpaired) electrons. The van der Waals surface area contributed by atoms with E-state index in [1.165, 1.54) is 0 Å². The number of nitrogens with one attached hydrogen (secondary N) is 1. The molecule has 23 heavy (non-hydrogen) atoms. The van der Waals surface area contributed by atoms with Gasteiger partial charge in [0, 0.05) is 16.8 Å². The van der Waals surface area contributed by atoms with Gasteiger partial charge in [0.2, 0.25) is 0 Å². The molecule has 0 saturated heterocycles. The maximum absolute atomic E-state index is 12.5. The van der Waals surface area contributed by atoms with Crippen molar-refractivity contribution in [1.29, 1.82) is 0 Å². The Morgan fingerprint density at radius 1 is 1.22 bits per heavy atom. The fourth-order valence-electron chi connectivity index (χ4n) is 2.74. The number of hydrogen-bond donors (Lipinski definition) is 2. The minimum Gasteiger partial charge on any atom is -0.497 e. The van der Waals surface area contributed by atoms with E-state index >= 15 is 0 Å². The summed E-state index contributed by atoms with van der Waals surface area (Å²) in [6.07, 6.45) is -0.304. The Kier molecular flexibility index (Phi) is 3.66. The van der Waals surface area contributed by atoms with Crippen molar-refractivity contribution in [3.63, 3.8) is 0 Å². The van der Waals surface area contributed by atoms with Gasteiger partial charge in [0.1, 0.15) is 5.75 Å². The van der Waals surface area contributed by atoms with Crippen molar-refractivity contribution < 1.29 is 19.4 Å². The smallest absolute Gasteiger partial charge is 0.261 e. The molecule has 2 aromatic carbocycles. The van der Waals surface area contributed by atoms with E-state index < -0.39 is 11.5 Å². The molecular formula is C18H17NO4. The molecule has 0 bridgehead atoms. The Labute approximate surface area is 133 Å². The molecule has 0 spiro atoms. The van der Waals surface area contributed by atoms with E-state index in [0.717, 1.165) is 5.56 Å². The maximum Gasteiger partial charge on any atom is 0.261 e. The van der Waals surface area contributed by atoms with Crippen molar-refractivity contribution in [3.05, 3.63) is 59.2 Å². The minimum atomic E-state index is -1.83. The number of ketones is 1. The maximum atomic E-state index is 12.5. The summed E-state index contributed by atoms with van der Waals surface area (Å²) in [4.78, 5) is 24.7. The van der Waals surface area contributed by atoms with Crippen molar-refractivity contribution >= 4 is 17.4 Å². The van der Waals surface area contributed by atoms with Crippen LogP contribution in [0.5, 0.6) is 5.75 Å². The van der Waals surface area contributed by atoms with E-state index in [0.29, 0.717) is 22.6 Å². The first-order valence-corrected chi connectivity index (χ1v) is 7.26. The number of ether oxygens (including phenoxy) is 1. The van der Waals surface area contributed by atoms with Gasteiger partial charge in [-0.2, -0.15) is 0 Å². The van der Waals surface area contributed by atoms with E-state index in [1.54, 1.807) is 43.5 Å². The molecule has 1 atom stereocenters. The highest BCUT2D eigenvalue weighted by Gasteiger charge is 2.46. The first-order chi connectivity index (χ1) is 10.9. The average Bonchev–Trinajstić information content (AvgIpc) is 2.79. The lowest BCUT2D eigenvalue weighted by Gasteiger charge is -2.20. The summed E-state index contributed by atoms with van der Waals surface area (Å²) in [5.74, 6) is -0.237. The number of methoxy groups -OCH3 is 1. The second-order valence-corrected chi connectivity index (χ2v) is 5.69. The predicted octanol–water partition coefficient (Wildman–Crippen LogP) is 2.42. The number of carbonyl (C=O) groups is 2. The summed E-state index contributed by atoms with van der Waals surface area (Å²) in [6, 6.07) is 11.9. The molecule has 0 aliphatic carbocycles. The Morgan fingerprint density at radius 2 is 1.91 bits per heavy atom. The highest BCUT2D eigenvalue weighted by atomic mass is 16.5. The summed E-state index contributed by atoms with van der Waals surface area (Å²) >= 11 is 0. The number of aliphatic hydroxyl groups is 1. The van der Waals surface area contributed by atoms with Crippen LogP contribution in [0.25, 0.3) is 0 Å². The normalized spacial score (nSPS) is 19.2. The van der Waals surface area contributed by atoms with Crippen molar-refractivity contribution in [2.45, 2.75) is 18.9 Å². The standard InChI is InChI=1S/C18H17NO4/c1-11-3-8-15-14(9-11)18(22,17(21)19-15)10-16(20)12-4-6-13(23-2)7-5-12/h3-9,22H,10H2,1-2H3,(H,19,21)/t18-/m1/s1. The number of amides is 1. The number of benzene rings is 2. The molecule has 0 unspecified atom stereocenters. The number of aryl methyl sites for hydroxylation is 1. The molecule has 3 rings (SSSR count). The fraction of sp³-hybridized carbons (Fsp3) is 0.222. The molecule has 0 fully saturated rings. The molecule has 1 heterocycles. The van der Waals surface area contributed by atoms with Crippen molar-refractivity contribution in [1.82, 2.24) is 0 Å². The number of rotatable bonds is 4. The Hall–Kier alpha value is -2.66. The molecule has 0 aromatic heterocycles. The first kappa shape index (κ1) is 15.2. The lowest BCUT2D eigenvalue weighted by molar-refractivity contribution is -0.133. The monoisotopic (exact) mass is 311 g/mol. The van der Waals surface area contributed by atoms with Gasteiger partial charge in [0.15, 0.2) is 11.4 Å². The summed E-state index contributed by atoms with van der Waals surface area (Å²) < 4.78 is 5.05. The van der Waals surface area contributed by atoms with Crippen molar-refractivity contribution in [2.75, 3.05) is 12.4 Å². The zero-order valence-electron chi connectivity index (χ0n) is 12.9. The van der Waals surface area contributed by atoms with Crippen LogP contribution in [-0.4, -0.2) is 23.9 Å². The highest BCUT2D eigenvalue weighted by molar-refractivity contribution is 6.09. The summed E-state index contributed by atoms with van der Waals surface area (Å²) in [7, 11) is 1.54. The van der Waals surface area contributed by atoms with Gasteiger partial charge in [0.05, 0.1) is 13.5 Å². The second-order valence-electron chi connectivity index (χ2n) is 5.69. The SMILES string of the molecule is COc1ccc(C(=O)C[C@]2(O)C(=O)Nc3ccc(C)cc32)cc1. The Morgan fingerprint density at radius 3 is 2.57 bits per heavy atom. The molecule has 0 saturated carbocycles. The van der Waals surface area contributed by atoms with Crippen LogP contribution < -0.4 is 10.1 Å². The van der Waals surface area contributed by atoms with E-state index in [1.807, 2.05) is 13.0 Å². The Balaban J connectivity index is 1.90. The van der Waals surface area contributed by atoms with Gasteiger partial charge in [-0.3, -0.25) is 9.59 Å². The van der Waals surface area contributed by atoms with E-state index in [2.05, 4.69) is 5.32 Å². The van der Waals surface area contributed by atoms with Crippen LogP contribution in [0.3, 0.4) is 0 Å². The predicted molar refractivity (Wildman–Crippen MR) is 85.6 cm³/mol. The number of fused-ring (bicyclic) bond motifs is 1. The van der Waals surface area contributed by atoms with E-state index in [4.69, 9.17) is 4.74 Å². The zero-order valence-corrected chi connectivity index (χ0v) is 12.9. The molecule has 1 aliphatic heterocycles. The largest absolute Gasteiger partial charge is 0.497 e. The summed E-state index contributed by atoms with van der Waals surface area (Å²) in [5, 5.41) is 13.4. The topological polar surface area (TPSA) is 75.6 Å². The third-order valence-electron chi connectivity index (χ3n) is 4.07. The summed E-state index contributed by atoms with van der Waals surface area (Å²) in [5.41, 5.74) is 0.497. The van der Waals surface area contributed by atoms with Crippen LogP contribution in [0.15, 0.2) is 42.5 Å². The molecule has 5 heteroatoms. The van der Waals surface area contributed by atoms with Crippen molar-refractivity contribution in [2.24, 2.45) is 0 Å². The number of anilines is 1. The summed E-state index contributed by atoms with van der Waals surface area (Å²) in [6.45, 7) is 1.87. The van der Waals surface area contributed by atoms with Crippen molar-refractivity contribution in [3.8, 4) is 5.75 Å². The number of hydrogen-bond acceptors (Lipinski definition) is 4. The average molecular weight is 311 g/mol. The van der Waals surface area contributed by atoms with Gasteiger partial charge in [-0.05, 0) is 37.3 Å². The van der Waals surface area contributed by atoms with E-state index in [9.17, 15) is 14.7 Å². The quantitative estimate of drug-likeness (QED) is 0.850.